The van der Waals surface area contributed by atoms with Crippen LogP contribution in [0.5, 0.6) is 0 Å². The monoisotopic (exact) mass is 211 g/mol. The molecular weight excluding hydrogens is 201 g/mol. The molecule has 0 aliphatic carbocycles. The Morgan fingerprint density at radius 1 is 1.60 bits per heavy atom. The Morgan fingerprint density at radius 3 is 3.07 bits per heavy atom. The summed E-state index contributed by atoms with van der Waals surface area (Å²) >= 11 is 0. The van der Waals surface area contributed by atoms with E-state index >= 15 is 0 Å². The molecule has 4 nitrogen and oxygen atoms in total. The highest BCUT2D eigenvalue weighted by atomic mass is 19.1. The molecule has 1 atom stereocenters. The van der Waals surface area contributed by atoms with Crippen LogP contribution in [0, 0.1) is 5.82 Å². The first-order valence-corrected chi connectivity index (χ1v) is 4.59. The molecule has 0 aromatic heterocycles. The van der Waals surface area contributed by atoms with Crippen LogP contribution in [-0.2, 0) is 4.84 Å². The molecule has 1 amide bonds. The fourth-order valence-electron chi connectivity index (χ4n) is 1.67. The molecule has 1 aliphatic rings. The Labute approximate surface area is 85.8 Å². The molecule has 0 radical (unpaired) electrons. The third-order valence-electron chi connectivity index (χ3n) is 2.33. The fourth-order valence-corrected chi connectivity index (χ4v) is 1.67. The standard InChI is InChI=1S/C10H10FNO3/c11-8-3-1-2-7(6-8)9-4-5-15-12(9)10(13)14/h1-3,6,9H,4-5H2,(H,13,14)/t9-/m1/s1. The topological polar surface area (TPSA) is 49.8 Å². The van der Waals surface area contributed by atoms with Crippen molar-refractivity contribution in [3.63, 3.8) is 0 Å². The second-order valence-corrected chi connectivity index (χ2v) is 3.30. The minimum atomic E-state index is -1.15. The molecule has 0 bridgehead atoms. The molecule has 1 saturated heterocycles. The van der Waals surface area contributed by atoms with E-state index in [1.165, 1.54) is 12.1 Å². The Morgan fingerprint density at radius 2 is 2.40 bits per heavy atom. The van der Waals surface area contributed by atoms with E-state index in [9.17, 15) is 9.18 Å². The van der Waals surface area contributed by atoms with Crippen LogP contribution < -0.4 is 0 Å². The van der Waals surface area contributed by atoms with Crippen LogP contribution in [0.2, 0.25) is 0 Å². The van der Waals surface area contributed by atoms with Gasteiger partial charge in [0.2, 0.25) is 0 Å². The Hall–Kier alpha value is -1.62. The van der Waals surface area contributed by atoms with Gasteiger partial charge < -0.3 is 5.11 Å². The third-order valence-corrected chi connectivity index (χ3v) is 2.33. The molecule has 15 heavy (non-hydrogen) atoms. The number of amides is 1. The second-order valence-electron chi connectivity index (χ2n) is 3.30. The lowest BCUT2D eigenvalue weighted by Gasteiger charge is -2.19. The lowest BCUT2D eigenvalue weighted by atomic mass is 10.0. The predicted molar refractivity (Wildman–Crippen MR) is 49.6 cm³/mol. The first-order chi connectivity index (χ1) is 7.18. The lowest BCUT2D eigenvalue weighted by Crippen LogP contribution is -2.27. The van der Waals surface area contributed by atoms with Crippen LogP contribution in [-0.4, -0.2) is 22.9 Å². The van der Waals surface area contributed by atoms with Crippen molar-refractivity contribution in [3.8, 4) is 0 Å². The zero-order valence-corrected chi connectivity index (χ0v) is 7.89. The maximum absolute atomic E-state index is 12.9. The molecule has 2 rings (SSSR count). The van der Waals surface area contributed by atoms with Gasteiger partial charge in [-0.25, -0.2) is 9.18 Å². The van der Waals surface area contributed by atoms with Crippen molar-refractivity contribution >= 4 is 6.09 Å². The summed E-state index contributed by atoms with van der Waals surface area (Å²) in [6.45, 7) is 0.341. The third kappa shape index (κ3) is 1.92. The van der Waals surface area contributed by atoms with Gasteiger partial charge in [0.05, 0.1) is 12.6 Å². The van der Waals surface area contributed by atoms with Gasteiger partial charge in [0, 0.05) is 6.42 Å². The summed E-state index contributed by atoms with van der Waals surface area (Å²) in [6.07, 6.45) is -0.600. The van der Waals surface area contributed by atoms with Gasteiger partial charge in [0.1, 0.15) is 5.82 Å². The maximum Gasteiger partial charge on any atom is 0.432 e. The van der Waals surface area contributed by atoms with Crippen molar-refractivity contribution in [2.45, 2.75) is 12.5 Å². The van der Waals surface area contributed by atoms with Crippen molar-refractivity contribution < 1.29 is 19.1 Å². The van der Waals surface area contributed by atoms with Crippen molar-refractivity contribution in [3.05, 3.63) is 35.6 Å². The number of hydrogen-bond acceptors (Lipinski definition) is 2. The number of hydrogen-bond donors (Lipinski definition) is 1. The van der Waals surface area contributed by atoms with E-state index in [0.717, 1.165) is 5.06 Å². The molecule has 0 unspecified atom stereocenters. The summed E-state index contributed by atoms with van der Waals surface area (Å²) in [5.41, 5.74) is 0.620. The summed E-state index contributed by atoms with van der Waals surface area (Å²) in [4.78, 5) is 15.7. The SMILES string of the molecule is O=C(O)N1OCC[C@@H]1c1cccc(F)c1. The van der Waals surface area contributed by atoms with Gasteiger partial charge in [0.15, 0.2) is 0 Å². The average Bonchev–Trinajstić information content (AvgIpc) is 2.65. The van der Waals surface area contributed by atoms with E-state index < -0.39 is 12.1 Å². The zero-order chi connectivity index (χ0) is 10.8. The van der Waals surface area contributed by atoms with E-state index in [4.69, 9.17) is 9.94 Å². The van der Waals surface area contributed by atoms with E-state index in [1.54, 1.807) is 12.1 Å². The van der Waals surface area contributed by atoms with Gasteiger partial charge >= 0.3 is 6.09 Å². The van der Waals surface area contributed by atoms with Crippen molar-refractivity contribution in [2.75, 3.05) is 6.61 Å². The van der Waals surface area contributed by atoms with E-state index in [-0.39, 0.29) is 5.82 Å². The molecule has 1 fully saturated rings. The van der Waals surface area contributed by atoms with Crippen molar-refractivity contribution in [2.24, 2.45) is 0 Å². The molecule has 80 valence electrons. The Bertz CT molecular complexity index is 383. The van der Waals surface area contributed by atoms with E-state index in [0.29, 0.717) is 18.6 Å². The Balaban J connectivity index is 2.26. The summed E-state index contributed by atoms with van der Waals surface area (Å²) in [5.74, 6) is -0.371. The lowest BCUT2D eigenvalue weighted by molar-refractivity contribution is -0.104. The van der Waals surface area contributed by atoms with Gasteiger partial charge in [-0.3, -0.25) is 4.84 Å². The van der Waals surface area contributed by atoms with Crippen molar-refractivity contribution in [1.82, 2.24) is 5.06 Å². The fraction of sp³-hybridized carbons (Fsp3) is 0.300. The molecule has 0 spiro atoms. The first kappa shape index (κ1) is 9.92. The van der Waals surface area contributed by atoms with Gasteiger partial charge in [-0.1, -0.05) is 12.1 Å². The van der Waals surface area contributed by atoms with Gasteiger partial charge in [-0.05, 0) is 17.7 Å². The number of hydroxylamine groups is 2. The predicted octanol–water partition coefficient (Wildman–Crippen LogP) is 2.18. The molecule has 1 aromatic carbocycles. The smallest absolute Gasteiger partial charge is 0.432 e. The molecule has 1 aromatic rings. The molecule has 0 saturated carbocycles. The van der Waals surface area contributed by atoms with Crippen molar-refractivity contribution in [1.29, 1.82) is 0 Å². The molecule has 1 N–H and O–H groups in total. The van der Waals surface area contributed by atoms with Crippen LogP contribution in [0.25, 0.3) is 0 Å². The molecule has 1 aliphatic heterocycles. The number of rotatable bonds is 1. The largest absolute Gasteiger partial charge is 0.463 e. The van der Waals surface area contributed by atoms with Crippen LogP contribution >= 0.6 is 0 Å². The van der Waals surface area contributed by atoms with E-state index in [2.05, 4.69) is 0 Å². The van der Waals surface area contributed by atoms with E-state index in [1.807, 2.05) is 0 Å². The number of carboxylic acid groups (broad SMARTS) is 1. The Kier molecular flexibility index (Phi) is 2.55. The molecule has 5 heteroatoms. The normalized spacial score (nSPS) is 20.6. The number of carbonyl (C=O) groups is 1. The molecule has 1 heterocycles. The van der Waals surface area contributed by atoms with Gasteiger partial charge in [0.25, 0.3) is 0 Å². The zero-order valence-electron chi connectivity index (χ0n) is 7.89. The number of halogens is 1. The highest BCUT2D eigenvalue weighted by Crippen LogP contribution is 2.30. The quantitative estimate of drug-likeness (QED) is 0.774. The van der Waals surface area contributed by atoms with Gasteiger partial charge in [-0.15, -0.1) is 0 Å². The first-order valence-electron chi connectivity index (χ1n) is 4.59. The number of nitrogens with zero attached hydrogens (tertiary/aromatic N) is 1. The summed E-state index contributed by atoms with van der Waals surface area (Å²) in [7, 11) is 0. The second kappa shape index (κ2) is 3.86. The minimum Gasteiger partial charge on any atom is -0.463 e. The highest BCUT2D eigenvalue weighted by molar-refractivity contribution is 5.64. The average molecular weight is 211 g/mol. The van der Waals surface area contributed by atoms with Crippen LogP contribution in [0.1, 0.15) is 18.0 Å². The van der Waals surface area contributed by atoms with Crippen LogP contribution in [0.15, 0.2) is 24.3 Å². The summed E-state index contributed by atoms with van der Waals surface area (Å²) in [6, 6.07) is 5.50. The summed E-state index contributed by atoms with van der Waals surface area (Å²) in [5, 5.41) is 9.69. The minimum absolute atomic E-state index is 0.341. The van der Waals surface area contributed by atoms with Gasteiger partial charge in [-0.2, -0.15) is 5.06 Å². The van der Waals surface area contributed by atoms with Crippen LogP contribution in [0.4, 0.5) is 9.18 Å². The summed E-state index contributed by atoms with van der Waals surface area (Å²) < 4.78 is 12.9. The molecular formula is C10H10FNO3. The number of benzene rings is 1. The highest BCUT2D eigenvalue weighted by Gasteiger charge is 2.31. The maximum atomic E-state index is 12.9. The van der Waals surface area contributed by atoms with Crippen LogP contribution in [0.3, 0.4) is 0 Å².